The van der Waals surface area contributed by atoms with E-state index in [9.17, 15) is 14.6 Å². The van der Waals surface area contributed by atoms with E-state index in [-0.39, 0.29) is 17.3 Å². The van der Waals surface area contributed by atoms with Gasteiger partial charge in [0.2, 0.25) is 0 Å². The van der Waals surface area contributed by atoms with Gasteiger partial charge in [-0.25, -0.2) is 4.98 Å². The quantitative estimate of drug-likeness (QED) is 0.253. The Bertz CT molecular complexity index is 1590. The molecule has 5 aromatic rings. The number of hydrogen-bond acceptors (Lipinski definition) is 4. The molecule has 0 fully saturated rings. The van der Waals surface area contributed by atoms with Crippen molar-refractivity contribution in [2.45, 2.75) is 26.4 Å². The van der Waals surface area contributed by atoms with Crippen LogP contribution in [0.25, 0.3) is 43.9 Å². The van der Waals surface area contributed by atoms with Crippen molar-refractivity contribution in [1.29, 1.82) is 0 Å². The van der Waals surface area contributed by atoms with Crippen LogP contribution in [0.1, 0.15) is 20.3 Å². The first kappa shape index (κ1) is 23.3. The number of phenols is 1. The second-order valence-corrected chi connectivity index (χ2v) is 10.4. The predicted molar refractivity (Wildman–Crippen MR) is 142 cm³/mol. The smallest absolute Gasteiger partial charge is 0.377 e. The van der Waals surface area contributed by atoms with Gasteiger partial charge in [-0.2, -0.15) is 0 Å². The van der Waals surface area contributed by atoms with Crippen molar-refractivity contribution >= 4 is 34.7 Å². The van der Waals surface area contributed by atoms with Crippen molar-refractivity contribution in [3.63, 3.8) is 0 Å². The molecule has 0 saturated heterocycles. The Hall–Kier alpha value is -3.50. The normalized spacial score (nSPS) is 14.1. The van der Waals surface area contributed by atoms with Crippen molar-refractivity contribution in [2.75, 3.05) is 0 Å². The van der Waals surface area contributed by atoms with Crippen LogP contribution in [0.3, 0.4) is 0 Å². The highest BCUT2D eigenvalue weighted by molar-refractivity contribution is 7.61. The van der Waals surface area contributed by atoms with Crippen molar-refractivity contribution in [2.24, 2.45) is 0 Å². The molecule has 2 unspecified atom stereocenters. The second-order valence-electron chi connectivity index (χ2n) is 8.69. The molecule has 0 aliphatic heterocycles. The molecule has 5 nitrogen and oxygen atoms in total. The molecule has 2 N–H and O–H groups in total. The SMILES string of the molecule is CCC(C)OP(=O)(O)c1ccc2cc(-c3cccc(O)c3)cc(-c3cccc4ccccc34)c2n1. The third-order valence-electron chi connectivity index (χ3n) is 6.22. The predicted octanol–water partition coefficient (Wildman–Crippen LogP) is 7.05. The number of nitrogens with zero attached hydrogens (tertiary/aromatic N) is 1. The van der Waals surface area contributed by atoms with E-state index in [0.29, 0.717) is 11.9 Å². The molecule has 35 heavy (non-hydrogen) atoms. The fourth-order valence-corrected chi connectivity index (χ4v) is 5.51. The summed E-state index contributed by atoms with van der Waals surface area (Å²) in [5.41, 5.74) is 4.22. The van der Waals surface area contributed by atoms with Gasteiger partial charge in [0.05, 0.1) is 11.6 Å². The molecule has 4 aromatic carbocycles. The molecule has 0 saturated carbocycles. The molecule has 2 atom stereocenters. The Balaban J connectivity index is 1.79. The van der Waals surface area contributed by atoms with Gasteiger partial charge < -0.3 is 14.5 Å². The summed E-state index contributed by atoms with van der Waals surface area (Å²) in [5, 5.41) is 13.0. The summed E-state index contributed by atoms with van der Waals surface area (Å²) in [6.07, 6.45) is 0.251. The zero-order valence-electron chi connectivity index (χ0n) is 19.6. The van der Waals surface area contributed by atoms with E-state index < -0.39 is 7.60 Å². The number of fused-ring (bicyclic) bond motifs is 2. The minimum atomic E-state index is -4.10. The Labute approximate surface area is 204 Å². The second kappa shape index (κ2) is 9.27. The zero-order chi connectivity index (χ0) is 24.6. The van der Waals surface area contributed by atoms with Crippen LogP contribution in [0.2, 0.25) is 0 Å². The molecule has 0 aliphatic rings. The Morgan fingerprint density at radius 1 is 0.857 bits per heavy atom. The Morgan fingerprint density at radius 3 is 2.43 bits per heavy atom. The van der Waals surface area contributed by atoms with Gasteiger partial charge in [0.25, 0.3) is 0 Å². The van der Waals surface area contributed by atoms with E-state index in [0.717, 1.165) is 38.4 Å². The highest BCUT2D eigenvalue weighted by atomic mass is 31.2. The average Bonchev–Trinajstić information content (AvgIpc) is 2.87. The third-order valence-corrected chi connectivity index (χ3v) is 7.70. The van der Waals surface area contributed by atoms with Crippen LogP contribution in [0.5, 0.6) is 5.75 Å². The molecule has 5 rings (SSSR count). The maximum Gasteiger partial charge on any atom is 0.377 e. The van der Waals surface area contributed by atoms with Crippen LogP contribution in [-0.2, 0) is 9.09 Å². The lowest BCUT2D eigenvalue weighted by molar-refractivity contribution is 0.192. The number of aromatic hydroxyl groups is 1. The first-order chi connectivity index (χ1) is 16.9. The molecule has 0 aliphatic carbocycles. The largest absolute Gasteiger partial charge is 0.508 e. The van der Waals surface area contributed by atoms with Crippen molar-refractivity contribution in [1.82, 2.24) is 4.98 Å². The maximum atomic E-state index is 13.1. The summed E-state index contributed by atoms with van der Waals surface area (Å²) in [7, 11) is -4.10. The molecule has 0 spiro atoms. The van der Waals surface area contributed by atoms with Crippen LogP contribution in [-0.4, -0.2) is 21.1 Å². The van der Waals surface area contributed by atoms with Gasteiger partial charge >= 0.3 is 7.60 Å². The molecule has 1 heterocycles. The van der Waals surface area contributed by atoms with Gasteiger partial charge in [-0.1, -0.05) is 67.6 Å². The molecule has 0 bridgehead atoms. The van der Waals surface area contributed by atoms with Gasteiger partial charge in [-0.15, -0.1) is 0 Å². The molecule has 176 valence electrons. The fourth-order valence-electron chi connectivity index (χ4n) is 4.27. The summed E-state index contributed by atoms with van der Waals surface area (Å²) in [6, 6.07) is 28.7. The van der Waals surface area contributed by atoms with E-state index in [1.54, 1.807) is 31.2 Å². The van der Waals surface area contributed by atoms with Crippen LogP contribution in [0.4, 0.5) is 0 Å². The minimum absolute atomic E-state index is 0.0249. The topological polar surface area (TPSA) is 79.7 Å². The number of hydrogen-bond donors (Lipinski definition) is 2. The number of phenolic OH excluding ortho intramolecular Hbond substituents is 1. The van der Waals surface area contributed by atoms with Crippen molar-refractivity contribution in [3.05, 3.63) is 91.0 Å². The maximum absolute atomic E-state index is 13.1. The third kappa shape index (κ3) is 4.59. The van der Waals surface area contributed by atoms with E-state index >= 15 is 0 Å². The first-order valence-corrected chi connectivity index (χ1v) is 13.2. The summed E-state index contributed by atoms with van der Waals surface area (Å²) < 4.78 is 18.5. The lowest BCUT2D eigenvalue weighted by Gasteiger charge is -2.18. The Kier molecular flexibility index (Phi) is 6.16. The summed E-state index contributed by atoms with van der Waals surface area (Å²) in [6.45, 7) is 3.67. The summed E-state index contributed by atoms with van der Waals surface area (Å²) in [5.74, 6) is 0.186. The van der Waals surface area contributed by atoms with E-state index in [1.165, 1.54) is 0 Å². The Morgan fingerprint density at radius 2 is 1.63 bits per heavy atom. The van der Waals surface area contributed by atoms with Crippen LogP contribution in [0, 0.1) is 0 Å². The highest BCUT2D eigenvalue weighted by Gasteiger charge is 2.27. The van der Waals surface area contributed by atoms with Gasteiger partial charge in [-0.05, 0) is 71.1 Å². The van der Waals surface area contributed by atoms with E-state index in [1.807, 2.05) is 55.5 Å². The number of rotatable bonds is 6. The minimum Gasteiger partial charge on any atom is -0.508 e. The van der Waals surface area contributed by atoms with Gasteiger partial charge in [0.15, 0.2) is 5.44 Å². The molecular weight excluding hydrogens is 457 g/mol. The highest BCUT2D eigenvalue weighted by Crippen LogP contribution is 2.43. The number of pyridine rings is 1. The van der Waals surface area contributed by atoms with Gasteiger partial charge in [-0.3, -0.25) is 4.57 Å². The van der Waals surface area contributed by atoms with E-state index in [4.69, 9.17) is 4.52 Å². The van der Waals surface area contributed by atoms with Gasteiger partial charge in [0.1, 0.15) is 5.75 Å². The first-order valence-electron chi connectivity index (χ1n) is 11.6. The van der Waals surface area contributed by atoms with E-state index in [2.05, 4.69) is 23.2 Å². The van der Waals surface area contributed by atoms with Crippen LogP contribution >= 0.6 is 7.60 Å². The summed E-state index contributed by atoms with van der Waals surface area (Å²) >= 11 is 0. The van der Waals surface area contributed by atoms with Crippen LogP contribution in [0.15, 0.2) is 91.0 Å². The van der Waals surface area contributed by atoms with Crippen molar-refractivity contribution in [3.8, 4) is 28.0 Å². The number of aromatic nitrogens is 1. The molecule has 6 heteroatoms. The standard InChI is InChI=1S/C29H26NO4P/c1-3-19(2)34-35(32,33)28-15-14-22-16-23(21-10-6-11-24(31)17-21)18-27(29(22)30-28)26-13-7-9-20-8-4-5-12-25(20)26/h4-19,31H,3H2,1-2H3,(H,32,33). The summed E-state index contributed by atoms with van der Waals surface area (Å²) in [4.78, 5) is 15.4. The number of benzene rings is 4. The van der Waals surface area contributed by atoms with Gasteiger partial charge in [0, 0.05) is 10.9 Å². The molecule has 0 radical (unpaired) electrons. The fraction of sp³-hybridized carbons (Fsp3) is 0.138. The van der Waals surface area contributed by atoms with Crippen molar-refractivity contribution < 1.29 is 19.1 Å². The zero-order valence-corrected chi connectivity index (χ0v) is 20.4. The monoisotopic (exact) mass is 483 g/mol. The average molecular weight is 484 g/mol. The lowest BCUT2D eigenvalue weighted by atomic mass is 9.92. The molecular formula is C29H26NO4P. The van der Waals surface area contributed by atoms with Crippen LogP contribution < -0.4 is 5.44 Å². The molecule has 1 aromatic heterocycles. The lowest BCUT2D eigenvalue weighted by Crippen LogP contribution is -2.16. The molecule has 0 amide bonds.